The Hall–Kier alpha value is -3.62. The van der Waals surface area contributed by atoms with Crippen LogP contribution in [0.2, 0.25) is 5.02 Å². The van der Waals surface area contributed by atoms with E-state index in [2.05, 4.69) is 10.0 Å². The highest BCUT2D eigenvalue weighted by Crippen LogP contribution is 2.27. The number of hydrogen-bond acceptors (Lipinski definition) is 4. The zero-order valence-corrected chi connectivity index (χ0v) is 19.6. The van der Waals surface area contributed by atoms with Gasteiger partial charge >= 0.3 is 0 Å². The lowest BCUT2D eigenvalue weighted by molar-refractivity contribution is -0.115. The number of sulfonamides is 1. The van der Waals surface area contributed by atoms with Crippen LogP contribution in [0, 0.1) is 0 Å². The predicted molar refractivity (Wildman–Crippen MR) is 134 cm³/mol. The van der Waals surface area contributed by atoms with Crippen LogP contribution in [0.5, 0.6) is 0 Å². The minimum absolute atomic E-state index is 0.0322. The molecule has 0 fully saturated rings. The van der Waals surface area contributed by atoms with Gasteiger partial charge in [0, 0.05) is 35.1 Å². The van der Waals surface area contributed by atoms with E-state index in [4.69, 9.17) is 11.6 Å². The van der Waals surface area contributed by atoms with Gasteiger partial charge < -0.3 is 10.2 Å². The van der Waals surface area contributed by atoms with E-state index in [0.717, 1.165) is 30.2 Å². The summed E-state index contributed by atoms with van der Waals surface area (Å²) in [5.74, 6) is -0.833. The largest absolute Gasteiger partial charge is 0.322 e. The van der Waals surface area contributed by atoms with E-state index in [1.807, 2.05) is 24.3 Å². The number of nitrogens with one attached hydrogen (secondary N) is 2. The molecule has 0 aromatic heterocycles. The highest BCUT2D eigenvalue weighted by molar-refractivity contribution is 7.92. The summed E-state index contributed by atoms with van der Waals surface area (Å²) in [5, 5.41) is 2.99. The SMILES string of the molecule is O=C(C=CC(=O)N1CCCc2ccccc21)Nc1cccc(S(=O)(=O)Nc2cccc(Cl)c2)c1. The van der Waals surface area contributed by atoms with Gasteiger partial charge in [-0.05, 0) is 60.9 Å². The molecule has 7 nitrogen and oxygen atoms in total. The Morgan fingerprint density at radius 3 is 2.50 bits per heavy atom. The summed E-state index contributed by atoms with van der Waals surface area (Å²) in [6.07, 6.45) is 4.13. The third-order valence-electron chi connectivity index (χ3n) is 5.24. The molecule has 0 saturated carbocycles. The van der Waals surface area contributed by atoms with E-state index in [9.17, 15) is 18.0 Å². The number of rotatable bonds is 6. The van der Waals surface area contributed by atoms with Gasteiger partial charge in [0.15, 0.2) is 0 Å². The Morgan fingerprint density at radius 2 is 1.68 bits per heavy atom. The van der Waals surface area contributed by atoms with Crippen LogP contribution in [-0.2, 0) is 26.0 Å². The van der Waals surface area contributed by atoms with Gasteiger partial charge in [-0.15, -0.1) is 0 Å². The van der Waals surface area contributed by atoms with Crippen molar-refractivity contribution >= 4 is 50.5 Å². The van der Waals surface area contributed by atoms with Gasteiger partial charge in [-0.1, -0.05) is 41.9 Å². The molecule has 0 saturated heterocycles. The van der Waals surface area contributed by atoms with Gasteiger partial charge in [-0.3, -0.25) is 14.3 Å². The molecule has 0 bridgehead atoms. The highest BCUT2D eigenvalue weighted by Gasteiger charge is 2.20. The van der Waals surface area contributed by atoms with Crippen molar-refractivity contribution in [3.63, 3.8) is 0 Å². The van der Waals surface area contributed by atoms with Gasteiger partial charge in [0.25, 0.3) is 15.9 Å². The van der Waals surface area contributed by atoms with Crippen molar-refractivity contribution in [2.24, 2.45) is 0 Å². The Bertz CT molecular complexity index is 1370. The topological polar surface area (TPSA) is 95.6 Å². The Morgan fingerprint density at radius 1 is 0.912 bits per heavy atom. The van der Waals surface area contributed by atoms with Crippen molar-refractivity contribution in [2.75, 3.05) is 21.5 Å². The molecular formula is C25H22ClN3O4S. The molecule has 9 heteroatoms. The third kappa shape index (κ3) is 5.65. The first-order valence-electron chi connectivity index (χ1n) is 10.6. The van der Waals surface area contributed by atoms with Crippen molar-refractivity contribution in [3.8, 4) is 0 Å². The fourth-order valence-electron chi connectivity index (χ4n) is 3.69. The molecule has 1 heterocycles. The minimum atomic E-state index is -3.90. The zero-order chi connectivity index (χ0) is 24.1. The molecule has 1 aliphatic rings. The lowest BCUT2D eigenvalue weighted by Crippen LogP contribution is -2.34. The van der Waals surface area contributed by atoms with Crippen LogP contribution in [0.15, 0.2) is 89.8 Å². The summed E-state index contributed by atoms with van der Waals surface area (Å²) >= 11 is 5.91. The normalized spacial score (nSPS) is 13.4. The van der Waals surface area contributed by atoms with Crippen LogP contribution < -0.4 is 14.9 Å². The van der Waals surface area contributed by atoms with E-state index in [1.165, 1.54) is 30.3 Å². The van der Waals surface area contributed by atoms with E-state index in [1.54, 1.807) is 29.2 Å². The number of para-hydroxylation sites is 1. The van der Waals surface area contributed by atoms with Gasteiger partial charge in [0.1, 0.15) is 0 Å². The maximum atomic E-state index is 12.7. The van der Waals surface area contributed by atoms with Crippen LogP contribution in [0.3, 0.4) is 0 Å². The molecule has 34 heavy (non-hydrogen) atoms. The fraction of sp³-hybridized carbons (Fsp3) is 0.120. The molecule has 2 amide bonds. The van der Waals surface area contributed by atoms with Crippen LogP contribution in [0.25, 0.3) is 0 Å². The Balaban J connectivity index is 1.42. The predicted octanol–water partition coefficient (Wildman–Crippen LogP) is 4.61. The Labute approximate surface area is 203 Å². The standard InChI is InChI=1S/C25H22ClN3O4S/c26-19-8-3-10-21(16-19)28-34(32,33)22-11-4-9-20(17-22)27-24(30)13-14-25(31)29-15-5-7-18-6-1-2-12-23(18)29/h1-4,6,8-14,16-17,28H,5,7,15H2,(H,27,30). The maximum absolute atomic E-state index is 12.7. The number of benzene rings is 3. The van der Waals surface area contributed by atoms with E-state index in [-0.39, 0.29) is 16.5 Å². The van der Waals surface area contributed by atoms with E-state index in [0.29, 0.717) is 17.3 Å². The number of fused-ring (bicyclic) bond motifs is 1. The summed E-state index contributed by atoms with van der Waals surface area (Å²) in [5.41, 5.74) is 2.56. The number of hydrogen-bond donors (Lipinski definition) is 2. The van der Waals surface area contributed by atoms with E-state index >= 15 is 0 Å². The number of carbonyl (C=O) groups is 2. The molecule has 0 atom stereocenters. The van der Waals surface area contributed by atoms with Crippen molar-refractivity contribution in [3.05, 3.63) is 95.5 Å². The number of nitrogens with zero attached hydrogens (tertiary/aromatic N) is 1. The molecule has 174 valence electrons. The summed E-state index contributed by atoms with van der Waals surface area (Å²) in [7, 11) is -3.90. The zero-order valence-electron chi connectivity index (χ0n) is 18.1. The molecule has 4 rings (SSSR count). The quantitative estimate of drug-likeness (QED) is 0.488. The molecule has 0 radical (unpaired) electrons. The van der Waals surface area contributed by atoms with Gasteiger partial charge in [0.05, 0.1) is 10.6 Å². The highest BCUT2D eigenvalue weighted by atomic mass is 35.5. The van der Waals surface area contributed by atoms with Gasteiger partial charge in [-0.25, -0.2) is 8.42 Å². The average Bonchev–Trinajstić information content (AvgIpc) is 2.82. The summed E-state index contributed by atoms with van der Waals surface area (Å²) in [6.45, 7) is 0.585. The van der Waals surface area contributed by atoms with E-state index < -0.39 is 15.9 Å². The number of anilines is 3. The van der Waals surface area contributed by atoms with Crippen LogP contribution in [0.4, 0.5) is 17.1 Å². The maximum Gasteiger partial charge on any atom is 0.261 e. The second-order valence-corrected chi connectivity index (χ2v) is 9.81. The summed E-state index contributed by atoms with van der Waals surface area (Å²) in [6, 6.07) is 19.9. The van der Waals surface area contributed by atoms with Crippen LogP contribution >= 0.6 is 11.6 Å². The second-order valence-electron chi connectivity index (χ2n) is 7.69. The molecule has 0 aliphatic carbocycles. The first-order valence-corrected chi connectivity index (χ1v) is 12.4. The molecule has 3 aromatic carbocycles. The first-order chi connectivity index (χ1) is 16.3. The van der Waals surface area contributed by atoms with Crippen LogP contribution in [0.1, 0.15) is 12.0 Å². The fourth-order valence-corrected chi connectivity index (χ4v) is 4.98. The molecular weight excluding hydrogens is 474 g/mol. The third-order valence-corrected chi connectivity index (χ3v) is 6.86. The van der Waals surface area contributed by atoms with Crippen molar-refractivity contribution in [1.82, 2.24) is 0 Å². The van der Waals surface area contributed by atoms with Crippen LogP contribution in [-0.4, -0.2) is 26.8 Å². The summed E-state index contributed by atoms with van der Waals surface area (Å²) < 4.78 is 27.9. The number of carbonyl (C=O) groups excluding carboxylic acids is 2. The molecule has 2 N–H and O–H groups in total. The summed E-state index contributed by atoms with van der Waals surface area (Å²) in [4.78, 5) is 26.7. The lowest BCUT2D eigenvalue weighted by atomic mass is 10.0. The van der Waals surface area contributed by atoms with Crippen molar-refractivity contribution in [1.29, 1.82) is 0 Å². The number of halogens is 1. The average molecular weight is 496 g/mol. The molecule has 1 aliphatic heterocycles. The minimum Gasteiger partial charge on any atom is -0.322 e. The number of amides is 2. The second kappa shape index (κ2) is 10.1. The molecule has 0 unspecified atom stereocenters. The van der Waals surface area contributed by atoms with Gasteiger partial charge in [-0.2, -0.15) is 0 Å². The smallest absolute Gasteiger partial charge is 0.261 e. The molecule has 0 spiro atoms. The first kappa shape index (κ1) is 23.5. The number of aryl methyl sites for hydroxylation is 1. The van der Waals surface area contributed by atoms with Crippen molar-refractivity contribution in [2.45, 2.75) is 17.7 Å². The lowest BCUT2D eigenvalue weighted by Gasteiger charge is -2.28. The Kier molecular flexibility index (Phi) is 7.00. The molecule has 3 aromatic rings. The monoisotopic (exact) mass is 495 g/mol. The van der Waals surface area contributed by atoms with Crippen molar-refractivity contribution < 1.29 is 18.0 Å². The van der Waals surface area contributed by atoms with Gasteiger partial charge in [0.2, 0.25) is 5.91 Å².